The van der Waals surface area contributed by atoms with Gasteiger partial charge >= 0.3 is 7.60 Å². The van der Waals surface area contributed by atoms with Crippen molar-refractivity contribution in [3.8, 4) is 5.75 Å². The van der Waals surface area contributed by atoms with Crippen LogP contribution in [0.15, 0.2) is 36.9 Å². The molecule has 0 aliphatic heterocycles. The van der Waals surface area contributed by atoms with E-state index in [1.165, 1.54) is 36.9 Å². The van der Waals surface area contributed by atoms with E-state index >= 15 is 0 Å². The Balaban J connectivity index is 2.46. The molecule has 22 heavy (non-hydrogen) atoms. The van der Waals surface area contributed by atoms with Crippen molar-refractivity contribution in [1.82, 2.24) is 9.97 Å². The van der Waals surface area contributed by atoms with Gasteiger partial charge in [-0.2, -0.15) is 0 Å². The number of aryl methyl sites for hydroxylation is 2. The molecule has 2 rings (SSSR count). The number of phenols is 1. The Morgan fingerprint density at radius 1 is 1.23 bits per heavy atom. The number of hydrogen-bond acceptors (Lipinski definition) is 5. The normalized spacial score (nSPS) is 12.3. The molecule has 7 nitrogen and oxygen atoms in total. The van der Waals surface area contributed by atoms with Crippen LogP contribution in [0.25, 0.3) is 5.31 Å². The lowest BCUT2D eigenvalue weighted by atomic mass is 10.1. The van der Waals surface area contributed by atoms with Crippen LogP contribution in [0.1, 0.15) is 16.7 Å². The Labute approximate surface area is 127 Å². The molecule has 0 amide bonds. The molecule has 8 heteroatoms. The van der Waals surface area contributed by atoms with Gasteiger partial charge < -0.3 is 20.2 Å². The minimum absolute atomic E-state index is 0.107. The van der Waals surface area contributed by atoms with Gasteiger partial charge in [-0.1, -0.05) is 0 Å². The molecule has 1 aromatic heterocycles. The molecule has 116 valence electrons. The monoisotopic (exact) mass is 321 g/mol. The molecule has 0 aliphatic carbocycles. The maximum absolute atomic E-state index is 11.7. The predicted octanol–water partition coefficient (Wildman–Crippen LogP) is 2.39. The van der Waals surface area contributed by atoms with Crippen molar-refractivity contribution < 1.29 is 19.5 Å². The number of hydrogen-bond donors (Lipinski definition) is 4. The first-order valence-corrected chi connectivity index (χ1v) is 7.99. The van der Waals surface area contributed by atoms with Crippen LogP contribution in [-0.2, 0) is 4.57 Å². The number of nitrogens with one attached hydrogen (secondary N) is 1. The first-order valence-electron chi connectivity index (χ1n) is 6.38. The van der Waals surface area contributed by atoms with E-state index in [0.717, 1.165) is 0 Å². The highest BCUT2D eigenvalue weighted by atomic mass is 31.2. The van der Waals surface area contributed by atoms with Gasteiger partial charge in [-0.3, -0.25) is 9.55 Å². The zero-order chi connectivity index (χ0) is 16.3. The summed E-state index contributed by atoms with van der Waals surface area (Å²) in [5.41, 5.74) is 1.40. The van der Waals surface area contributed by atoms with E-state index in [-0.39, 0.29) is 11.1 Å². The van der Waals surface area contributed by atoms with Crippen molar-refractivity contribution in [1.29, 1.82) is 0 Å². The van der Waals surface area contributed by atoms with E-state index in [0.29, 0.717) is 22.5 Å². The van der Waals surface area contributed by atoms with E-state index in [4.69, 9.17) is 0 Å². The van der Waals surface area contributed by atoms with Crippen molar-refractivity contribution in [2.24, 2.45) is 0 Å². The highest BCUT2D eigenvalue weighted by molar-refractivity contribution is 7.63. The summed E-state index contributed by atoms with van der Waals surface area (Å²) < 4.78 is 11.7. The number of benzene rings is 1. The molecule has 0 spiro atoms. The summed E-state index contributed by atoms with van der Waals surface area (Å²) in [6.45, 7) is 3.33. The Kier molecular flexibility index (Phi) is 4.61. The lowest BCUT2D eigenvalue weighted by Gasteiger charge is -2.13. The second-order valence-corrected chi connectivity index (χ2v) is 6.34. The minimum atomic E-state index is -4.52. The van der Waals surface area contributed by atoms with E-state index in [1.807, 2.05) is 0 Å². The van der Waals surface area contributed by atoms with E-state index in [1.54, 1.807) is 13.8 Å². The average molecular weight is 321 g/mol. The largest absolute Gasteiger partial charge is 0.507 e. The molecule has 0 radical (unpaired) electrons. The van der Waals surface area contributed by atoms with Crippen LogP contribution in [0.3, 0.4) is 0 Å². The second-order valence-electron chi connectivity index (χ2n) is 4.77. The van der Waals surface area contributed by atoms with Crippen molar-refractivity contribution in [3.63, 3.8) is 0 Å². The fraction of sp³-hybridized carbons (Fsp3) is 0.143. The topological polar surface area (TPSA) is 116 Å². The third-order valence-corrected chi connectivity index (χ3v) is 4.04. The summed E-state index contributed by atoms with van der Waals surface area (Å²) in [5.74, 6) is 0.469. The zero-order valence-corrected chi connectivity index (χ0v) is 13.0. The van der Waals surface area contributed by atoms with Crippen LogP contribution in [-0.4, -0.2) is 24.9 Å². The predicted molar refractivity (Wildman–Crippen MR) is 83.3 cm³/mol. The number of anilines is 1. The molecule has 1 aromatic carbocycles. The molecule has 4 N–H and O–H groups in total. The highest BCUT2D eigenvalue weighted by Gasteiger charge is 2.24. The molecule has 0 saturated heterocycles. The van der Waals surface area contributed by atoms with Crippen LogP contribution in [0.2, 0.25) is 0 Å². The van der Waals surface area contributed by atoms with Crippen molar-refractivity contribution in [2.45, 2.75) is 13.8 Å². The maximum Gasteiger partial charge on any atom is 0.358 e. The fourth-order valence-electron chi connectivity index (χ4n) is 1.96. The third-order valence-electron chi connectivity index (χ3n) is 3.02. The number of aromatic hydroxyl groups is 1. The van der Waals surface area contributed by atoms with Crippen molar-refractivity contribution in [3.05, 3.63) is 53.6 Å². The summed E-state index contributed by atoms with van der Waals surface area (Å²) in [4.78, 5) is 26.9. The van der Waals surface area contributed by atoms with E-state index in [2.05, 4.69) is 15.3 Å². The third kappa shape index (κ3) is 3.71. The van der Waals surface area contributed by atoms with Crippen LogP contribution in [0.4, 0.5) is 5.82 Å². The zero-order valence-electron chi connectivity index (χ0n) is 12.1. The number of nitrogens with zero attached hydrogens (tertiary/aromatic N) is 2. The van der Waals surface area contributed by atoms with Crippen molar-refractivity contribution >= 4 is 18.7 Å². The van der Waals surface area contributed by atoms with Gasteiger partial charge in [-0.25, -0.2) is 4.98 Å². The van der Waals surface area contributed by atoms with Gasteiger partial charge in [0.2, 0.25) is 0 Å². The summed E-state index contributed by atoms with van der Waals surface area (Å²) in [5, 5.41) is 12.3. The molecule has 1 heterocycles. The summed E-state index contributed by atoms with van der Waals surface area (Å²) in [6, 6.07) is 3.04. The van der Waals surface area contributed by atoms with E-state index < -0.39 is 7.60 Å². The molecule has 2 aromatic rings. The van der Waals surface area contributed by atoms with Crippen LogP contribution in [0.5, 0.6) is 5.75 Å². The van der Waals surface area contributed by atoms with Gasteiger partial charge in [0.05, 0.1) is 11.5 Å². The Bertz CT molecular complexity index is 733. The van der Waals surface area contributed by atoms with Gasteiger partial charge in [0.15, 0.2) is 0 Å². The molecular weight excluding hydrogens is 305 g/mol. The summed E-state index contributed by atoms with van der Waals surface area (Å²) >= 11 is 0. The molecule has 0 bridgehead atoms. The van der Waals surface area contributed by atoms with Gasteiger partial charge in [0.1, 0.15) is 11.6 Å². The average Bonchev–Trinajstić information content (AvgIpc) is 2.44. The second kappa shape index (κ2) is 6.27. The first-order chi connectivity index (χ1) is 10.3. The number of phenolic OH excluding ortho intramolecular Hbond substituents is 1. The van der Waals surface area contributed by atoms with Gasteiger partial charge in [-0.15, -0.1) is 0 Å². The Hall–Kier alpha value is -2.21. The van der Waals surface area contributed by atoms with Crippen LogP contribution < -0.4 is 5.32 Å². The lowest BCUT2D eigenvalue weighted by molar-refractivity contribution is 0.388. The summed E-state index contributed by atoms with van der Waals surface area (Å²) in [6.07, 6.45) is 5.59. The SMILES string of the molecule is Cc1cc(C(=CNc2cnccn2)P(=O)(O)O)cc(C)c1O. The number of aromatic nitrogens is 2. The Morgan fingerprint density at radius 3 is 2.36 bits per heavy atom. The lowest BCUT2D eigenvalue weighted by Crippen LogP contribution is -1.97. The van der Waals surface area contributed by atoms with Crippen molar-refractivity contribution in [2.75, 3.05) is 5.32 Å². The van der Waals surface area contributed by atoms with Crippen LogP contribution in [0, 0.1) is 13.8 Å². The van der Waals surface area contributed by atoms with Crippen LogP contribution >= 0.6 is 7.60 Å². The van der Waals surface area contributed by atoms with Gasteiger partial charge in [-0.05, 0) is 42.7 Å². The molecule has 0 aliphatic rings. The molecule has 0 atom stereocenters. The smallest absolute Gasteiger partial charge is 0.358 e. The summed E-state index contributed by atoms with van der Waals surface area (Å²) in [7, 11) is -4.52. The van der Waals surface area contributed by atoms with E-state index in [9.17, 15) is 19.5 Å². The quantitative estimate of drug-likeness (QED) is 0.639. The minimum Gasteiger partial charge on any atom is -0.507 e. The highest BCUT2D eigenvalue weighted by Crippen LogP contribution is 2.51. The van der Waals surface area contributed by atoms with Gasteiger partial charge in [0.25, 0.3) is 0 Å². The fourth-order valence-corrected chi connectivity index (χ4v) is 2.65. The molecular formula is C14H16N3O4P. The number of rotatable bonds is 4. The Morgan fingerprint density at radius 2 is 1.86 bits per heavy atom. The molecule has 0 fully saturated rings. The standard InChI is InChI=1S/C14H16N3O4P/c1-9-5-11(6-10(2)14(9)18)12(22(19,20)21)7-17-13-8-15-3-4-16-13/h3-8,18H,1-2H3,(H,16,17)(H2,19,20,21). The van der Waals surface area contributed by atoms with Gasteiger partial charge in [0, 0.05) is 18.6 Å². The molecule has 0 saturated carbocycles. The first kappa shape index (κ1) is 16.2. The maximum atomic E-state index is 11.7. The molecule has 0 unspecified atom stereocenters.